The molecule has 4 aromatic heterocycles. The largest absolute Gasteiger partial charge is 0.383 e. The highest BCUT2D eigenvalue weighted by molar-refractivity contribution is 5.87. The fraction of sp³-hybridized carbons (Fsp3) is 0.361. The molecule has 0 spiro atoms. The van der Waals surface area contributed by atoms with Crippen LogP contribution in [0.15, 0.2) is 73.6 Å². The van der Waals surface area contributed by atoms with Gasteiger partial charge in [-0.2, -0.15) is 5.10 Å². The molecular weight excluding hydrogens is 574 g/mol. The summed E-state index contributed by atoms with van der Waals surface area (Å²) in [5, 5.41) is 8.83. The molecule has 1 saturated heterocycles. The number of fused-ring (bicyclic) bond motifs is 2. The first-order chi connectivity index (χ1) is 22.6. The Kier molecular flexibility index (Phi) is 7.36. The van der Waals surface area contributed by atoms with E-state index in [9.17, 15) is 4.79 Å². The number of imidazole rings is 1. The molecule has 3 N–H and O–H groups in total. The maximum absolute atomic E-state index is 12.0. The second-order valence-corrected chi connectivity index (χ2v) is 12.8. The number of hydrogen-bond acceptors (Lipinski definition) is 7. The zero-order chi connectivity index (χ0) is 31.2. The second-order valence-electron chi connectivity index (χ2n) is 12.8. The number of hydrogen-bond donors (Lipinski definition) is 2. The van der Waals surface area contributed by atoms with Gasteiger partial charge in [-0.1, -0.05) is 25.5 Å². The van der Waals surface area contributed by atoms with Gasteiger partial charge < -0.3 is 16.0 Å². The average Bonchev–Trinajstić information content (AvgIpc) is 3.91. The molecule has 1 saturated carbocycles. The van der Waals surface area contributed by atoms with Crippen molar-refractivity contribution in [3.8, 4) is 22.9 Å². The summed E-state index contributed by atoms with van der Waals surface area (Å²) in [6, 6.07) is 17.4. The molecular formula is C36H39N9O. The number of aryl methyl sites for hydroxylation is 1. The molecule has 1 unspecified atom stereocenters. The monoisotopic (exact) mass is 613 g/mol. The fourth-order valence-corrected chi connectivity index (χ4v) is 7.61. The number of nitrogens with two attached hydrogens (primary N) is 1. The molecule has 1 aliphatic heterocycles. The number of anilines is 1. The minimum Gasteiger partial charge on any atom is -0.383 e. The number of nitrogen functional groups attached to an aromatic ring is 1. The highest BCUT2D eigenvalue weighted by atomic mass is 16.2. The summed E-state index contributed by atoms with van der Waals surface area (Å²) in [6.45, 7) is 5.17. The number of carbonyl (C=O) groups is 1. The summed E-state index contributed by atoms with van der Waals surface area (Å²) in [4.78, 5) is 28.5. The average molecular weight is 614 g/mol. The lowest BCUT2D eigenvalue weighted by molar-refractivity contribution is -0.127. The highest BCUT2D eigenvalue weighted by Gasteiger charge is 2.29. The van der Waals surface area contributed by atoms with Crippen LogP contribution in [0.2, 0.25) is 0 Å². The molecule has 2 aliphatic carbocycles. The number of rotatable bonds is 7. The number of nitrogens with one attached hydrogen (secondary N) is 1. The Hall–Kier alpha value is -4.83. The van der Waals surface area contributed by atoms with E-state index in [1.807, 2.05) is 40.0 Å². The lowest BCUT2D eigenvalue weighted by atomic mass is 10.0. The van der Waals surface area contributed by atoms with Gasteiger partial charge in [0.2, 0.25) is 5.91 Å². The molecule has 234 valence electrons. The number of benzene rings is 1. The Bertz CT molecular complexity index is 1930. The van der Waals surface area contributed by atoms with Crippen molar-refractivity contribution >= 4 is 22.9 Å². The number of amides is 1. The van der Waals surface area contributed by atoms with Crippen LogP contribution in [0, 0.1) is 0 Å². The molecule has 10 heteroatoms. The van der Waals surface area contributed by atoms with Gasteiger partial charge in [-0.05, 0) is 98.2 Å². The predicted molar refractivity (Wildman–Crippen MR) is 179 cm³/mol. The molecule has 3 aliphatic rings. The zero-order valence-corrected chi connectivity index (χ0v) is 26.0. The molecule has 1 amide bonds. The zero-order valence-electron chi connectivity index (χ0n) is 26.0. The molecule has 1 atom stereocenters. The Balaban J connectivity index is 1.13. The van der Waals surface area contributed by atoms with E-state index in [0.717, 1.165) is 72.7 Å². The van der Waals surface area contributed by atoms with Gasteiger partial charge in [0.05, 0.1) is 11.3 Å². The predicted octanol–water partition coefficient (Wildman–Crippen LogP) is 5.66. The third-order valence-electron chi connectivity index (χ3n) is 10.1. The maximum atomic E-state index is 12.0. The molecule has 0 bridgehead atoms. The van der Waals surface area contributed by atoms with Crippen molar-refractivity contribution in [1.82, 2.24) is 39.5 Å². The summed E-state index contributed by atoms with van der Waals surface area (Å²) in [6.07, 6.45) is 14.0. The van der Waals surface area contributed by atoms with Crippen molar-refractivity contribution in [2.24, 2.45) is 0 Å². The van der Waals surface area contributed by atoms with Gasteiger partial charge in [0.1, 0.15) is 11.3 Å². The summed E-state index contributed by atoms with van der Waals surface area (Å²) in [5.41, 5.74) is 13.5. The van der Waals surface area contributed by atoms with Crippen LogP contribution in [-0.2, 0) is 11.2 Å². The number of likely N-dealkylation sites (tertiary alicyclic amines) is 1. The summed E-state index contributed by atoms with van der Waals surface area (Å²) in [7, 11) is 0. The number of piperidine rings is 1. The van der Waals surface area contributed by atoms with E-state index >= 15 is 0 Å². The van der Waals surface area contributed by atoms with Crippen LogP contribution in [0.3, 0.4) is 0 Å². The SMILES string of the molecule is C=CC(=O)N1CCC(NC2CCc3cc(-n4c(-c5cccnc5N)nc5ccc(-n6ccc(C7CCCC7)n6)nc54)ccc32)CC1. The molecule has 2 fully saturated rings. The van der Waals surface area contributed by atoms with Gasteiger partial charge in [0, 0.05) is 49.2 Å². The van der Waals surface area contributed by atoms with E-state index in [1.165, 1.54) is 42.9 Å². The van der Waals surface area contributed by atoms with E-state index < -0.39 is 0 Å². The van der Waals surface area contributed by atoms with Crippen molar-refractivity contribution in [2.75, 3.05) is 18.8 Å². The van der Waals surface area contributed by atoms with Crippen LogP contribution in [0.1, 0.15) is 73.7 Å². The maximum Gasteiger partial charge on any atom is 0.245 e. The number of aromatic nitrogens is 6. The van der Waals surface area contributed by atoms with E-state index in [0.29, 0.717) is 29.6 Å². The minimum atomic E-state index is 0.0247. The van der Waals surface area contributed by atoms with Crippen molar-refractivity contribution in [3.05, 3.63) is 90.4 Å². The topological polar surface area (TPSA) is 120 Å². The summed E-state index contributed by atoms with van der Waals surface area (Å²) in [5.74, 6) is 2.46. The highest BCUT2D eigenvalue weighted by Crippen LogP contribution is 2.37. The van der Waals surface area contributed by atoms with Gasteiger partial charge >= 0.3 is 0 Å². The van der Waals surface area contributed by atoms with Gasteiger partial charge in [-0.3, -0.25) is 9.36 Å². The van der Waals surface area contributed by atoms with Crippen molar-refractivity contribution in [1.29, 1.82) is 0 Å². The molecule has 0 radical (unpaired) electrons. The standard InChI is InChI=1S/C36H39N9O/c1-2-33(46)43-19-15-25(16-20-43)39-30-12-9-24-22-26(10-11-27(24)30)45-35(28-8-5-18-38-34(28)37)40-31-13-14-32(41-36(31)45)44-21-17-29(42-44)23-6-3-4-7-23/h2,5,8,10-11,13-14,17-18,21-23,25,30,39H,1,3-4,6-7,9,12,15-16,19-20H2,(H2,37,38). The van der Waals surface area contributed by atoms with Crippen LogP contribution in [0.25, 0.3) is 34.1 Å². The van der Waals surface area contributed by atoms with Crippen LogP contribution >= 0.6 is 0 Å². The Morgan fingerprint density at radius 3 is 2.65 bits per heavy atom. The van der Waals surface area contributed by atoms with Crippen molar-refractivity contribution < 1.29 is 4.79 Å². The molecule has 5 aromatic rings. The Labute approximate surface area is 268 Å². The quantitative estimate of drug-likeness (QED) is 0.227. The number of pyridine rings is 2. The first kappa shape index (κ1) is 28.6. The number of carbonyl (C=O) groups excluding carboxylic acids is 1. The Morgan fingerprint density at radius 2 is 1.85 bits per heavy atom. The van der Waals surface area contributed by atoms with E-state index in [1.54, 1.807) is 6.20 Å². The van der Waals surface area contributed by atoms with Crippen LogP contribution in [0.5, 0.6) is 0 Å². The molecule has 8 rings (SSSR count). The van der Waals surface area contributed by atoms with E-state index in [-0.39, 0.29) is 5.91 Å². The van der Waals surface area contributed by atoms with Crippen molar-refractivity contribution in [2.45, 2.75) is 69.4 Å². The normalized spacial score (nSPS) is 18.8. The second kappa shape index (κ2) is 11.8. The van der Waals surface area contributed by atoms with E-state index in [2.05, 4.69) is 45.7 Å². The summed E-state index contributed by atoms with van der Waals surface area (Å²) >= 11 is 0. The molecule has 46 heavy (non-hydrogen) atoms. The third kappa shape index (κ3) is 5.16. The minimum absolute atomic E-state index is 0.0247. The van der Waals surface area contributed by atoms with Crippen LogP contribution in [0.4, 0.5) is 5.82 Å². The van der Waals surface area contributed by atoms with E-state index in [4.69, 9.17) is 20.8 Å². The molecule has 5 heterocycles. The van der Waals surface area contributed by atoms with Gasteiger partial charge in [-0.25, -0.2) is 19.6 Å². The van der Waals surface area contributed by atoms with Crippen molar-refractivity contribution in [3.63, 3.8) is 0 Å². The van der Waals surface area contributed by atoms with Gasteiger partial charge in [0.15, 0.2) is 17.3 Å². The fourth-order valence-electron chi connectivity index (χ4n) is 7.61. The van der Waals surface area contributed by atoms with Crippen LogP contribution < -0.4 is 11.1 Å². The first-order valence-electron chi connectivity index (χ1n) is 16.5. The lowest BCUT2D eigenvalue weighted by Crippen LogP contribution is -2.45. The van der Waals surface area contributed by atoms with Crippen LogP contribution in [-0.4, -0.2) is 59.2 Å². The molecule has 10 nitrogen and oxygen atoms in total. The smallest absolute Gasteiger partial charge is 0.245 e. The third-order valence-corrected chi connectivity index (χ3v) is 10.1. The number of nitrogens with zero attached hydrogens (tertiary/aromatic N) is 7. The first-order valence-corrected chi connectivity index (χ1v) is 16.5. The lowest BCUT2D eigenvalue weighted by Gasteiger charge is -2.33. The summed E-state index contributed by atoms with van der Waals surface area (Å²) < 4.78 is 4.00. The van der Waals surface area contributed by atoms with Gasteiger partial charge in [0.25, 0.3) is 0 Å². The Morgan fingerprint density at radius 1 is 1.00 bits per heavy atom. The van der Waals surface area contributed by atoms with Gasteiger partial charge in [-0.15, -0.1) is 0 Å². The molecule has 1 aromatic carbocycles.